The number of hydrogen-bond acceptors (Lipinski definition) is 5. The maximum atomic E-state index is 12.3. The van der Waals surface area contributed by atoms with Crippen molar-refractivity contribution in [1.29, 1.82) is 0 Å². The van der Waals surface area contributed by atoms with Gasteiger partial charge in [-0.15, -0.1) is 0 Å². The second-order valence-corrected chi connectivity index (χ2v) is 7.53. The fourth-order valence-electron chi connectivity index (χ4n) is 4.01. The van der Waals surface area contributed by atoms with Gasteiger partial charge in [0.15, 0.2) is 0 Å². The molecular formula is C20H30N4O4. The van der Waals surface area contributed by atoms with Gasteiger partial charge in [0.05, 0.1) is 13.7 Å². The molecule has 8 nitrogen and oxygen atoms in total. The first-order valence-electron chi connectivity index (χ1n) is 9.90. The van der Waals surface area contributed by atoms with Crippen molar-refractivity contribution in [3.05, 3.63) is 24.3 Å². The summed E-state index contributed by atoms with van der Waals surface area (Å²) in [6.07, 6.45) is 2.50. The van der Waals surface area contributed by atoms with E-state index in [1.54, 1.807) is 7.11 Å². The smallest absolute Gasteiger partial charge is 0.317 e. The number of urea groups is 1. The van der Waals surface area contributed by atoms with Crippen molar-refractivity contribution in [3.63, 3.8) is 0 Å². The second-order valence-electron chi connectivity index (χ2n) is 7.53. The van der Waals surface area contributed by atoms with Crippen molar-refractivity contribution in [3.8, 4) is 5.75 Å². The van der Waals surface area contributed by atoms with E-state index in [1.807, 2.05) is 30.0 Å². The molecule has 1 unspecified atom stereocenters. The zero-order valence-electron chi connectivity index (χ0n) is 16.6. The third-order valence-electron chi connectivity index (χ3n) is 5.65. The van der Waals surface area contributed by atoms with Crippen LogP contribution in [0.1, 0.15) is 26.2 Å². The van der Waals surface area contributed by atoms with Crippen LogP contribution in [-0.4, -0.2) is 73.4 Å². The Morgan fingerprint density at radius 1 is 1.29 bits per heavy atom. The molecule has 3 N–H and O–H groups in total. The van der Waals surface area contributed by atoms with E-state index in [0.29, 0.717) is 6.54 Å². The minimum atomic E-state index is -0.808. The number of methoxy groups -OCH3 is 1. The molecule has 0 radical (unpaired) electrons. The van der Waals surface area contributed by atoms with Crippen molar-refractivity contribution in [1.82, 2.24) is 15.5 Å². The minimum absolute atomic E-state index is 0.0578. The number of ether oxygens (including phenoxy) is 1. The molecule has 2 aliphatic rings. The third-order valence-corrected chi connectivity index (χ3v) is 5.65. The highest BCUT2D eigenvalue weighted by molar-refractivity contribution is 5.75. The van der Waals surface area contributed by atoms with Crippen molar-refractivity contribution < 1.29 is 19.4 Å². The Morgan fingerprint density at radius 2 is 2.04 bits per heavy atom. The number of carbonyl (C=O) groups excluding carboxylic acids is 1. The highest BCUT2D eigenvalue weighted by Gasteiger charge is 2.35. The molecule has 0 aromatic heterocycles. The van der Waals surface area contributed by atoms with Crippen molar-refractivity contribution in [2.24, 2.45) is 0 Å². The maximum absolute atomic E-state index is 12.3. The highest BCUT2D eigenvalue weighted by atomic mass is 16.5. The Balaban J connectivity index is 1.40. The van der Waals surface area contributed by atoms with Crippen LogP contribution in [0.25, 0.3) is 0 Å². The van der Waals surface area contributed by atoms with Gasteiger partial charge < -0.3 is 25.4 Å². The lowest BCUT2D eigenvalue weighted by Crippen LogP contribution is -2.57. The van der Waals surface area contributed by atoms with Crippen LogP contribution in [0.15, 0.2) is 24.3 Å². The topological polar surface area (TPSA) is 94.1 Å². The molecule has 154 valence electrons. The standard InChI is InChI=1S/C20H30N4O4/c1-3-23(13-19(25)26)17-9-15(10-17)22-20(27)21-14-7-8-24(12-14)16-5-4-6-18(11-16)28-2/h4-6,11,14-15,17H,3,7-10,12-13H2,1-2H3,(H,25,26)(H2,21,22,27). The predicted octanol–water partition coefficient (Wildman–Crippen LogP) is 1.51. The van der Waals surface area contributed by atoms with Gasteiger partial charge in [0, 0.05) is 43.0 Å². The molecule has 2 fully saturated rings. The monoisotopic (exact) mass is 390 g/mol. The van der Waals surface area contributed by atoms with Crippen LogP contribution in [0.4, 0.5) is 10.5 Å². The second kappa shape index (κ2) is 9.14. The number of carboxylic acid groups (broad SMARTS) is 1. The fourth-order valence-corrected chi connectivity index (χ4v) is 4.01. The molecule has 28 heavy (non-hydrogen) atoms. The van der Waals surface area contributed by atoms with E-state index in [4.69, 9.17) is 9.84 Å². The number of carboxylic acids is 1. The Labute approximate surface area is 165 Å². The summed E-state index contributed by atoms with van der Waals surface area (Å²) in [4.78, 5) is 27.4. The maximum Gasteiger partial charge on any atom is 0.317 e. The van der Waals surface area contributed by atoms with Crippen LogP contribution in [0.5, 0.6) is 5.75 Å². The molecule has 1 saturated heterocycles. The van der Waals surface area contributed by atoms with Gasteiger partial charge in [0.2, 0.25) is 0 Å². The normalized spacial score (nSPS) is 24.0. The molecule has 2 amide bonds. The van der Waals surface area contributed by atoms with E-state index in [-0.39, 0.29) is 30.7 Å². The van der Waals surface area contributed by atoms with Gasteiger partial charge in [-0.25, -0.2) is 4.79 Å². The summed E-state index contributed by atoms with van der Waals surface area (Å²) in [5, 5.41) is 15.0. The fraction of sp³-hybridized carbons (Fsp3) is 0.600. The first-order chi connectivity index (χ1) is 13.5. The molecule has 1 aromatic carbocycles. The number of likely N-dealkylation sites (N-methyl/N-ethyl adjacent to an activating group) is 1. The minimum Gasteiger partial charge on any atom is -0.497 e. The van der Waals surface area contributed by atoms with Crippen LogP contribution in [0.2, 0.25) is 0 Å². The average Bonchev–Trinajstić information content (AvgIpc) is 3.11. The first kappa shape index (κ1) is 20.3. The molecule has 3 rings (SSSR count). The number of aliphatic carboxylic acids is 1. The van der Waals surface area contributed by atoms with Gasteiger partial charge in [-0.2, -0.15) is 0 Å². The molecule has 1 saturated carbocycles. The van der Waals surface area contributed by atoms with Crippen LogP contribution in [-0.2, 0) is 4.79 Å². The molecule has 8 heteroatoms. The van der Waals surface area contributed by atoms with E-state index in [0.717, 1.165) is 43.8 Å². The van der Waals surface area contributed by atoms with Gasteiger partial charge >= 0.3 is 12.0 Å². The van der Waals surface area contributed by atoms with Gasteiger partial charge in [-0.1, -0.05) is 13.0 Å². The Morgan fingerprint density at radius 3 is 2.71 bits per heavy atom. The summed E-state index contributed by atoms with van der Waals surface area (Å²) in [5.74, 6) is 0.0213. The quantitative estimate of drug-likeness (QED) is 0.623. The predicted molar refractivity (Wildman–Crippen MR) is 107 cm³/mol. The summed E-state index contributed by atoms with van der Waals surface area (Å²) in [5.41, 5.74) is 1.10. The van der Waals surface area contributed by atoms with Crippen LogP contribution < -0.4 is 20.3 Å². The number of carbonyl (C=O) groups is 2. The van der Waals surface area contributed by atoms with Crippen molar-refractivity contribution in [2.75, 3.05) is 38.2 Å². The lowest BCUT2D eigenvalue weighted by atomic mass is 9.85. The number of anilines is 1. The van der Waals surface area contributed by atoms with E-state index in [1.165, 1.54) is 0 Å². The zero-order chi connectivity index (χ0) is 20.1. The Hall–Kier alpha value is -2.48. The van der Waals surface area contributed by atoms with Gasteiger partial charge in [-0.3, -0.25) is 9.69 Å². The molecule has 1 aromatic rings. The number of rotatable bonds is 8. The lowest BCUT2D eigenvalue weighted by Gasteiger charge is -2.42. The summed E-state index contributed by atoms with van der Waals surface area (Å²) in [6.45, 7) is 4.39. The highest BCUT2D eigenvalue weighted by Crippen LogP contribution is 2.26. The molecule has 0 spiro atoms. The number of amides is 2. The van der Waals surface area contributed by atoms with E-state index >= 15 is 0 Å². The zero-order valence-corrected chi connectivity index (χ0v) is 16.6. The SMILES string of the molecule is CCN(CC(=O)O)C1CC(NC(=O)NC2CCN(c3cccc(OC)c3)C2)C1. The summed E-state index contributed by atoms with van der Waals surface area (Å²) < 4.78 is 5.28. The number of benzene rings is 1. The largest absolute Gasteiger partial charge is 0.497 e. The van der Waals surface area contributed by atoms with E-state index in [2.05, 4.69) is 21.6 Å². The summed E-state index contributed by atoms with van der Waals surface area (Å²) in [6, 6.07) is 8.28. The lowest BCUT2D eigenvalue weighted by molar-refractivity contribution is -0.139. The molecular weight excluding hydrogens is 360 g/mol. The van der Waals surface area contributed by atoms with Gasteiger partial charge in [0.25, 0.3) is 0 Å². The van der Waals surface area contributed by atoms with E-state index < -0.39 is 5.97 Å². The van der Waals surface area contributed by atoms with Crippen molar-refractivity contribution in [2.45, 2.75) is 44.3 Å². The van der Waals surface area contributed by atoms with Gasteiger partial charge in [-0.05, 0) is 37.9 Å². The molecule has 1 aliphatic heterocycles. The van der Waals surface area contributed by atoms with Crippen molar-refractivity contribution >= 4 is 17.7 Å². The Bertz CT molecular complexity index is 693. The summed E-state index contributed by atoms with van der Waals surface area (Å²) in [7, 11) is 1.66. The molecule has 0 bridgehead atoms. The van der Waals surface area contributed by atoms with Crippen LogP contribution >= 0.6 is 0 Å². The van der Waals surface area contributed by atoms with E-state index in [9.17, 15) is 9.59 Å². The third kappa shape index (κ3) is 5.07. The number of nitrogens with one attached hydrogen (secondary N) is 2. The molecule has 1 heterocycles. The average molecular weight is 390 g/mol. The molecule has 1 aliphatic carbocycles. The van der Waals surface area contributed by atoms with Crippen LogP contribution in [0.3, 0.4) is 0 Å². The Kier molecular flexibility index (Phi) is 6.61. The first-order valence-corrected chi connectivity index (χ1v) is 9.90. The number of hydrogen-bond donors (Lipinski definition) is 3. The van der Waals surface area contributed by atoms with Gasteiger partial charge in [0.1, 0.15) is 5.75 Å². The number of nitrogens with zero attached hydrogens (tertiary/aromatic N) is 2. The summed E-state index contributed by atoms with van der Waals surface area (Å²) >= 11 is 0. The van der Waals surface area contributed by atoms with Crippen LogP contribution in [0, 0.1) is 0 Å². The molecule has 1 atom stereocenters.